The minimum Gasteiger partial charge on any atom is -0.361 e. The smallest absolute Gasteiger partial charge is 0.0459 e. The van der Waals surface area contributed by atoms with E-state index in [4.69, 9.17) is 0 Å². The topological polar surface area (TPSA) is 15.8 Å². The van der Waals surface area contributed by atoms with Crippen molar-refractivity contribution < 1.29 is 0 Å². The summed E-state index contributed by atoms with van der Waals surface area (Å²) in [5.41, 5.74) is 4.80. The Morgan fingerprint density at radius 1 is 0.684 bits per heavy atom. The molecule has 3 aromatic rings. The van der Waals surface area contributed by atoms with Crippen molar-refractivity contribution in [1.82, 2.24) is 4.98 Å². The van der Waals surface area contributed by atoms with E-state index in [0.29, 0.717) is 0 Å². The van der Waals surface area contributed by atoms with Crippen LogP contribution in [0.4, 0.5) is 0 Å². The predicted molar refractivity (Wildman–Crippen MR) is 81.6 cm³/mol. The summed E-state index contributed by atoms with van der Waals surface area (Å²) in [6.07, 6.45) is 6.25. The van der Waals surface area contributed by atoms with E-state index < -0.39 is 0 Å². The van der Waals surface area contributed by atoms with Crippen LogP contribution in [0.15, 0.2) is 72.9 Å². The van der Waals surface area contributed by atoms with Gasteiger partial charge in [-0.15, -0.1) is 0 Å². The highest BCUT2D eigenvalue weighted by Crippen LogP contribution is 2.23. The van der Waals surface area contributed by atoms with Crippen LogP contribution >= 0.6 is 0 Å². The molecule has 0 atom stereocenters. The summed E-state index contributed by atoms with van der Waals surface area (Å²) >= 11 is 0. The van der Waals surface area contributed by atoms with Crippen molar-refractivity contribution in [2.75, 3.05) is 0 Å². The largest absolute Gasteiger partial charge is 0.361 e. The summed E-state index contributed by atoms with van der Waals surface area (Å²) in [4.78, 5) is 3.26. The monoisotopic (exact) mass is 245 g/mol. The summed E-state index contributed by atoms with van der Waals surface area (Å²) in [5, 5.41) is 0. The lowest BCUT2D eigenvalue weighted by atomic mass is 10.0. The van der Waals surface area contributed by atoms with E-state index in [-0.39, 0.29) is 0 Å². The van der Waals surface area contributed by atoms with Gasteiger partial charge in [0.2, 0.25) is 0 Å². The van der Waals surface area contributed by atoms with E-state index in [9.17, 15) is 0 Å². The van der Waals surface area contributed by atoms with Crippen LogP contribution < -0.4 is 0 Å². The number of rotatable bonds is 3. The fourth-order valence-electron chi connectivity index (χ4n) is 2.14. The van der Waals surface area contributed by atoms with Crippen molar-refractivity contribution >= 4 is 12.2 Å². The molecule has 2 aromatic carbocycles. The first-order valence-corrected chi connectivity index (χ1v) is 6.39. The van der Waals surface area contributed by atoms with E-state index in [1.807, 2.05) is 18.3 Å². The third-order valence-electron chi connectivity index (χ3n) is 3.10. The molecule has 1 heteroatoms. The molecule has 3 rings (SSSR count). The van der Waals surface area contributed by atoms with Gasteiger partial charge in [-0.05, 0) is 23.3 Å². The first-order chi connectivity index (χ1) is 9.43. The van der Waals surface area contributed by atoms with E-state index in [2.05, 4.69) is 71.7 Å². The maximum Gasteiger partial charge on any atom is 0.0459 e. The Hall–Kier alpha value is -2.54. The molecule has 0 aliphatic carbocycles. The molecule has 1 nitrogen and oxygen atoms in total. The SMILES string of the molecule is C(=C\c1ccccc1-c1ccc[nH]1)/c1ccccc1. The lowest BCUT2D eigenvalue weighted by Crippen LogP contribution is -1.82. The molecule has 92 valence electrons. The van der Waals surface area contributed by atoms with Crippen molar-refractivity contribution in [3.05, 3.63) is 84.1 Å². The molecule has 1 heterocycles. The zero-order valence-electron chi connectivity index (χ0n) is 10.6. The van der Waals surface area contributed by atoms with Gasteiger partial charge in [-0.2, -0.15) is 0 Å². The molecule has 0 saturated carbocycles. The number of aromatic amines is 1. The van der Waals surface area contributed by atoms with Crippen LogP contribution in [0.25, 0.3) is 23.4 Å². The molecular formula is C18H15N. The highest BCUT2D eigenvalue weighted by Gasteiger charge is 2.01. The van der Waals surface area contributed by atoms with Crippen molar-refractivity contribution in [2.45, 2.75) is 0 Å². The van der Waals surface area contributed by atoms with Gasteiger partial charge in [0, 0.05) is 17.5 Å². The summed E-state index contributed by atoms with van der Waals surface area (Å²) in [7, 11) is 0. The Labute approximate surface area is 113 Å². The number of nitrogens with one attached hydrogen (secondary N) is 1. The Morgan fingerprint density at radius 2 is 1.47 bits per heavy atom. The molecule has 0 aliphatic rings. The number of hydrogen-bond donors (Lipinski definition) is 1. The molecule has 0 radical (unpaired) electrons. The van der Waals surface area contributed by atoms with Crippen LogP contribution in [0.5, 0.6) is 0 Å². The highest BCUT2D eigenvalue weighted by molar-refractivity contribution is 5.79. The minimum atomic E-state index is 1.15. The average molecular weight is 245 g/mol. The third kappa shape index (κ3) is 2.66. The van der Waals surface area contributed by atoms with Gasteiger partial charge in [0.25, 0.3) is 0 Å². The average Bonchev–Trinajstić information content (AvgIpc) is 3.01. The molecule has 0 spiro atoms. The van der Waals surface area contributed by atoms with Gasteiger partial charge < -0.3 is 4.98 Å². The van der Waals surface area contributed by atoms with Crippen LogP contribution in [0, 0.1) is 0 Å². The number of H-pyrrole nitrogens is 1. The molecule has 19 heavy (non-hydrogen) atoms. The molecular weight excluding hydrogens is 230 g/mol. The zero-order valence-corrected chi connectivity index (χ0v) is 10.6. The van der Waals surface area contributed by atoms with Gasteiger partial charge in [-0.1, -0.05) is 66.7 Å². The standard InChI is InChI=1S/C18H15N/c1-2-7-15(8-3-1)12-13-16-9-4-5-10-17(16)18-11-6-14-19-18/h1-14,19H/b13-12+. The summed E-state index contributed by atoms with van der Waals surface area (Å²) in [5.74, 6) is 0. The molecule has 0 aliphatic heterocycles. The van der Waals surface area contributed by atoms with Gasteiger partial charge >= 0.3 is 0 Å². The Bertz CT molecular complexity index is 664. The van der Waals surface area contributed by atoms with Crippen LogP contribution in [-0.2, 0) is 0 Å². The van der Waals surface area contributed by atoms with Gasteiger partial charge in [0.1, 0.15) is 0 Å². The minimum absolute atomic E-state index is 1.15. The predicted octanol–water partition coefficient (Wildman–Crippen LogP) is 4.85. The fraction of sp³-hybridized carbons (Fsp3) is 0. The third-order valence-corrected chi connectivity index (χ3v) is 3.10. The maximum absolute atomic E-state index is 3.26. The first-order valence-electron chi connectivity index (χ1n) is 6.39. The molecule has 0 unspecified atom stereocenters. The van der Waals surface area contributed by atoms with Crippen LogP contribution in [-0.4, -0.2) is 4.98 Å². The molecule has 0 saturated heterocycles. The van der Waals surface area contributed by atoms with Crippen LogP contribution in [0.1, 0.15) is 11.1 Å². The van der Waals surface area contributed by atoms with Gasteiger partial charge in [-0.3, -0.25) is 0 Å². The Kier molecular flexibility index (Phi) is 3.28. The first kappa shape index (κ1) is 11.5. The number of aromatic nitrogens is 1. The van der Waals surface area contributed by atoms with Crippen molar-refractivity contribution in [1.29, 1.82) is 0 Å². The highest BCUT2D eigenvalue weighted by atomic mass is 14.7. The molecule has 1 aromatic heterocycles. The van der Waals surface area contributed by atoms with Gasteiger partial charge in [0.05, 0.1) is 0 Å². The second kappa shape index (κ2) is 5.40. The summed E-state index contributed by atoms with van der Waals surface area (Å²) in [6.45, 7) is 0. The van der Waals surface area contributed by atoms with E-state index in [1.165, 1.54) is 16.7 Å². The van der Waals surface area contributed by atoms with Crippen molar-refractivity contribution in [2.24, 2.45) is 0 Å². The molecule has 0 amide bonds. The Morgan fingerprint density at radius 3 is 2.26 bits per heavy atom. The normalized spacial score (nSPS) is 10.9. The second-order valence-electron chi connectivity index (χ2n) is 4.42. The number of hydrogen-bond acceptors (Lipinski definition) is 0. The fourth-order valence-corrected chi connectivity index (χ4v) is 2.14. The van der Waals surface area contributed by atoms with Gasteiger partial charge in [0.15, 0.2) is 0 Å². The van der Waals surface area contributed by atoms with E-state index in [1.54, 1.807) is 0 Å². The molecule has 0 bridgehead atoms. The lowest BCUT2D eigenvalue weighted by Gasteiger charge is -2.03. The van der Waals surface area contributed by atoms with Crippen molar-refractivity contribution in [3.63, 3.8) is 0 Å². The summed E-state index contributed by atoms with van der Waals surface area (Å²) < 4.78 is 0. The molecule has 0 fully saturated rings. The maximum atomic E-state index is 3.26. The van der Waals surface area contributed by atoms with Crippen LogP contribution in [0.3, 0.4) is 0 Å². The molecule has 1 N–H and O–H groups in total. The lowest BCUT2D eigenvalue weighted by molar-refractivity contribution is 1.40. The van der Waals surface area contributed by atoms with E-state index in [0.717, 1.165) is 5.69 Å². The quantitative estimate of drug-likeness (QED) is 0.635. The second-order valence-corrected chi connectivity index (χ2v) is 4.42. The zero-order chi connectivity index (χ0) is 12.9. The van der Waals surface area contributed by atoms with Crippen LogP contribution in [0.2, 0.25) is 0 Å². The number of benzene rings is 2. The summed E-state index contributed by atoms with van der Waals surface area (Å²) in [6, 6.07) is 22.9. The van der Waals surface area contributed by atoms with E-state index >= 15 is 0 Å². The van der Waals surface area contributed by atoms with Gasteiger partial charge in [-0.25, -0.2) is 0 Å². The van der Waals surface area contributed by atoms with Crippen molar-refractivity contribution in [3.8, 4) is 11.3 Å². The Balaban J connectivity index is 1.96.